The lowest BCUT2D eigenvalue weighted by Crippen LogP contribution is -2.30. The van der Waals surface area contributed by atoms with E-state index in [1.807, 2.05) is 0 Å². The average molecular weight is 1150 g/mol. The van der Waals surface area contributed by atoms with Crippen molar-refractivity contribution >= 4 is 17.9 Å². The number of hydrogen-bond donors (Lipinski definition) is 0. The zero-order valence-electron chi connectivity index (χ0n) is 54.4. The second-order valence-corrected chi connectivity index (χ2v) is 23.1. The van der Waals surface area contributed by atoms with Gasteiger partial charge in [0.05, 0.1) is 0 Å². The molecule has 0 aliphatic rings. The van der Waals surface area contributed by atoms with Gasteiger partial charge >= 0.3 is 17.9 Å². The van der Waals surface area contributed by atoms with Crippen LogP contribution in [0.2, 0.25) is 0 Å². The summed E-state index contributed by atoms with van der Waals surface area (Å²) >= 11 is 0. The van der Waals surface area contributed by atoms with Gasteiger partial charge in [0, 0.05) is 19.3 Å². The summed E-state index contributed by atoms with van der Waals surface area (Å²) in [7, 11) is 0. The Hall–Kier alpha value is -4.19. The van der Waals surface area contributed by atoms with E-state index in [1.165, 1.54) is 161 Å². The predicted molar refractivity (Wildman–Crippen MR) is 362 cm³/mol. The van der Waals surface area contributed by atoms with Crippen LogP contribution >= 0.6 is 0 Å². The number of allylic oxidation sites excluding steroid dienone is 20. The Balaban J connectivity index is 4.44. The maximum atomic E-state index is 13.0. The van der Waals surface area contributed by atoms with Gasteiger partial charge in [0.15, 0.2) is 6.10 Å². The highest BCUT2D eigenvalue weighted by Crippen LogP contribution is 2.16. The van der Waals surface area contributed by atoms with Crippen LogP contribution in [0.5, 0.6) is 0 Å². The molecule has 474 valence electrons. The number of carbonyl (C=O) groups excluding carboxylic acids is 3. The van der Waals surface area contributed by atoms with Crippen LogP contribution in [0, 0.1) is 0 Å². The summed E-state index contributed by atoms with van der Waals surface area (Å²) in [5.41, 5.74) is 0. The second-order valence-electron chi connectivity index (χ2n) is 23.1. The average Bonchev–Trinajstić information content (AvgIpc) is 3.50. The van der Waals surface area contributed by atoms with E-state index < -0.39 is 6.10 Å². The minimum atomic E-state index is -0.797. The Bertz CT molecular complexity index is 1700. The smallest absolute Gasteiger partial charge is 0.306 e. The Morgan fingerprint density at radius 2 is 0.470 bits per heavy atom. The van der Waals surface area contributed by atoms with Crippen molar-refractivity contribution in [3.05, 3.63) is 122 Å². The van der Waals surface area contributed by atoms with Crippen molar-refractivity contribution in [3.63, 3.8) is 0 Å². The fourth-order valence-corrected chi connectivity index (χ4v) is 9.68. The minimum Gasteiger partial charge on any atom is -0.462 e. The molecule has 0 aromatic heterocycles. The van der Waals surface area contributed by atoms with Gasteiger partial charge < -0.3 is 14.2 Å². The molecule has 0 aromatic carbocycles. The van der Waals surface area contributed by atoms with Gasteiger partial charge in [-0.3, -0.25) is 14.4 Å². The van der Waals surface area contributed by atoms with E-state index in [0.717, 1.165) is 128 Å². The van der Waals surface area contributed by atoms with Gasteiger partial charge in [-0.1, -0.05) is 296 Å². The summed E-state index contributed by atoms with van der Waals surface area (Å²) in [6.45, 7) is 6.51. The van der Waals surface area contributed by atoms with Crippen molar-refractivity contribution < 1.29 is 28.6 Å². The lowest BCUT2D eigenvalue weighted by Gasteiger charge is -2.18. The molecule has 0 aromatic rings. The van der Waals surface area contributed by atoms with Crippen LogP contribution < -0.4 is 0 Å². The standard InChI is InChI=1S/C77H130O6/c1-4-7-10-13-16-19-22-25-28-31-34-36-37-38-39-41-43-46-49-52-55-58-61-64-67-70-76(79)82-73-74(72-81-75(78)69-66-63-60-57-54-51-48-45-42-33-30-27-24-21-18-15-12-9-6-3)83-77(80)71-68-65-62-59-56-53-50-47-44-40-35-32-29-26-23-20-17-14-11-8-5-2/h7,10,16,18-19,21,25,27-28,30,32,34-36,38-39,42-43,45-46,74H,4-6,8-9,11-15,17,20,22-24,26,29,31,33,37,40-41,44,47-73H2,1-3H3/b10-7-,19-16-,21-18-,28-25-,30-27-,35-32-,36-34-,39-38-,45-42-,46-43-. The maximum Gasteiger partial charge on any atom is 0.306 e. The van der Waals surface area contributed by atoms with E-state index >= 15 is 0 Å². The van der Waals surface area contributed by atoms with Crippen molar-refractivity contribution in [2.75, 3.05) is 13.2 Å². The van der Waals surface area contributed by atoms with Crippen LogP contribution in [0.25, 0.3) is 0 Å². The molecule has 0 fully saturated rings. The number of unbranched alkanes of at least 4 members (excludes halogenated alkanes) is 32. The van der Waals surface area contributed by atoms with Crippen molar-refractivity contribution in [1.29, 1.82) is 0 Å². The van der Waals surface area contributed by atoms with Gasteiger partial charge in [-0.25, -0.2) is 0 Å². The molecule has 6 heteroatoms. The van der Waals surface area contributed by atoms with E-state index in [-0.39, 0.29) is 31.1 Å². The van der Waals surface area contributed by atoms with Gasteiger partial charge in [0.2, 0.25) is 0 Å². The molecule has 1 atom stereocenters. The van der Waals surface area contributed by atoms with Crippen molar-refractivity contribution in [1.82, 2.24) is 0 Å². The molecule has 83 heavy (non-hydrogen) atoms. The molecule has 0 spiro atoms. The first-order chi connectivity index (χ1) is 41.0. The highest BCUT2D eigenvalue weighted by Gasteiger charge is 2.19. The number of hydrogen-bond acceptors (Lipinski definition) is 6. The highest BCUT2D eigenvalue weighted by molar-refractivity contribution is 5.71. The summed E-state index contributed by atoms with van der Waals surface area (Å²) in [6, 6.07) is 0. The van der Waals surface area contributed by atoms with Crippen molar-refractivity contribution in [3.8, 4) is 0 Å². The molecule has 0 bridgehead atoms. The quantitative estimate of drug-likeness (QED) is 0.0261. The summed E-state index contributed by atoms with van der Waals surface area (Å²) in [5.74, 6) is -0.909. The lowest BCUT2D eigenvalue weighted by atomic mass is 10.1. The van der Waals surface area contributed by atoms with E-state index in [1.54, 1.807) is 0 Å². The Morgan fingerprint density at radius 1 is 0.253 bits per heavy atom. The van der Waals surface area contributed by atoms with Crippen LogP contribution in [0.1, 0.15) is 329 Å². The van der Waals surface area contributed by atoms with E-state index in [2.05, 4.69) is 142 Å². The Labute approximate surface area is 513 Å². The molecule has 0 aliphatic carbocycles. The van der Waals surface area contributed by atoms with E-state index in [9.17, 15) is 14.4 Å². The highest BCUT2D eigenvalue weighted by atomic mass is 16.6. The third-order valence-corrected chi connectivity index (χ3v) is 14.9. The molecule has 0 aliphatic heterocycles. The predicted octanol–water partition coefficient (Wildman–Crippen LogP) is 24.3. The van der Waals surface area contributed by atoms with E-state index in [0.29, 0.717) is 19.3 Å². The minimum absolute atomic E-state index is 0.0918. The Morgan fingerprint density at radius 3 is 0.771 bits per heavy atom. The number of rotatable bonds is 63. The first-order valence-electron chi connectivity index (χ1n) is 35.0. The fraction of sp³-hybridized carbons (Fsp3) is 0.701. The SMILES string of the molecule is CC/C=C\C/C=C\C/C=C\C/C=C\C/C=C\C/C=C\CCCCCCCCC(=O)OCC(COC(=O)CCCCCCCC/C=C\C/C=C\C/C=C\CCCCC)OC(=O)CCCCCCCCCCC/C=C\CCCCCCCCCC. The van der Waals surface area contributed by atoms with Gasteiger partial charge in [-0.15, -0.1) is 0 Å². The molecular weight excluding hydrogens is 1020 g/mol. The molecule has 0 saturated heterocycles. The first-order valence-corrected chi connectivity index (χ1v) is 35.0. The third-order valence-electron chi connectivity index (χ3n) is 14.9. The molecule has 6 nitrogen and oxygen atoms in total. The lowest BCUT2D eigenvalue weighted by molar-refractivity contribution is -0.167. The maximum absolute atomic E-state index is 13.0. The molecule has 0 heterocycles. The summed E-state index contributed by atoms with van der Waals surface area (Å²) in [5, 5.41) is 0. The number of esters is 3. The monoisotopic (exact) mass is 1150 g/mol. The third kappa shape index (κ3) is 68.5. The second kappa shape index (κ2) is 70.3. The van der Waals surface area contributed by atoms with Gasteiger partial charge in [-0.05, 0) is 135 Å². The molecule has 0 N–H and O–H groups in total. The van der Waals surface area contributed by atoms with Crippen LogP contribution in [-0.2, 0) is 28.6 Å². The summed E-state index contributed by atoms with van der Waals surface area (Å²) in [6.07, 6.45) is 97.8. The summed E-state index contributed by atoms with van der Waals surface area (Å²) < 4.78 is 17.0. The molecular formula is C77H130O6. The largest absolute Gasteiger partial charge is 0.462 e. The van der Waals surface area contributed by atoms with Crippen molar-refractivity contribution in [2.24, 2.45) is 0 Å². The van der Waals surface area contributed by atoms with Gasteiger partial charge in [0.25, 0.3) is 0 Å². The molecule has 0 radical (unpaired) electrons. The number of carbonyl (C=O) groups is 3. The number of ether oxygens (including phenoxy) is 3. The van der Waals surface area contributed by atoms with Crippen LogP contribution in [-0.4, -0.2) is 37.2 Å². The molecule has 0 rings (SSSR count). The zero-order chi connectivity index (χ0) is 59.9. The fourth-order valence-electron chi connectivity index (χ4n) is 9.68. The Kier molecular flexibility index (Phi) is 66.7. The summed E-state index contributed by atoms with van der Waals surface area (Å²) in [4.78, 5) is 38.5. The van der Waals surface area contributed by atoms with Gasteiger partial charge in [-0.2, -0.15) is 0 Å². The van der Waals surface area contributed by atoms with Crippen LogP contribution in [0.4, 0.5) is 0 Å². The van der Waals surface area contributed by atoms with E-state index in [4.69, 9.17) is 14.2 Å². The van der Waals surface area contributed by atoms with Gasteiger partial charge in [0.1, 0.15) is 13.2 Å². The van der Waals surface area contributed by atoms with Crippen LogP contribution in [0.15, 0.2) is 122 Å². The molecule has 0 saturated carbocycles. The normalized spacial score (nSPS) is 12.9. The molecule has 0 amide bonds. The first kappa shape index (κ1) is 78.8. The topological polar surface area (TPSA) is 78.9 Å². The van der Waals surface area contributed by atoms with Crippen LogP contribution in [0.3, 0.4) is 0 Å². The van der Waals surface area contributed by atoms with Crippen molar-refractivity contribution in [2.45, 2.75) is 335 Å². The molecule has 1 unspecified atom stereocenters. The zero-order valence-corrected chi connectivity index (χ0v) is 54.4.